The maximum absolute atomic E-state index is 13.6. The third-order valence-corrected chi connectivity index (χ3v) is 7.23. The SMILES string of the molecule is Cc1ccc(-n2c(SCC(=O)N(C)C)nc3sc4c(c3c2=O)CCC4)c(C)c1. The second-order valence-electron chi connectivity index (χ2n) is 7.44. The van der Waals surface area contributed by atoms with Crippen molar-refractivity contribution in [1.82, 2.24) is 14.5 Å². The molecule has 2 aromatic heterocycles. The number of aromatic nitrogens is 2. The van der Waals surface area contributed by atoms with E-state index >= 15 is 0 Å². The standard InChI is InChI=1S/C21H23N3O2S2/c1-12-8-9-15(13(2)10-12)24-20(26)18-14-6-5-7-16(14)28-19(18)22-21(24)27-11-17(25)23(3)4/h8-10H,5-7,11H2,1-4H3. The number of hydrogen-bond donors (Lipinski definition) is 0. The molecule has 28 heavy (non-hydrogen) atoms. The molecule has 2 heterocycles. The summed E-state index contributed by atoms with van der Waals surface area (Å²) in [6.07, 6.45) is 3.08. The van der Waals surface area contributed by atoms with Crippen molar-refractivity contribution in [2.24, 2.45) is 0 Å². The van der Waals surface area contributed by atoms with E-state index in [1.54, 1.807) is 34.9 Å². The van der Waals surface area contributed by atoms with Gasteiger partial charge in [-0.15, -0.1) is 11.3 Å². The van der Waals surface area contributed by atoms with Crippen molar-refractivity contribution in [3.8, 4) is 5.69 Å². The number of benzene rings is 1. The van der Waals surface area contributed by atoms with Crippen molar-refractivity contribution in [1.29, 1.82) is 0 Å². The van der Waals surface area contributed by atoms with Gasteiger partial charge in [-0.3, -0.25) is 14.2 Å². The molecule has 0 fully saturated rings. The molecule has 0 aliphatic heterocycles. The number of fused-ring (bicyclic) bond motifs is 3. The molecular formula is C21H23N3O2S2. The Morgan fingerprint density at radius 2 is 2.07 bits per heavy atom. The lowest BCUT2D eigenvalue weighted by atomic mass is 10.1. The molecule has 3 aromatic rings. The zero-order valence-electron chi connectivity index (χ0n) is 16.5. The van der Waals surface area contributed by atoms with Crippen LogP contribution in [-0.4, -0.2) is 40.2 Å². The van der Waals surface area contributed by atoms with Crippen molar-refractivity contribution in [2.75, 3.05) is 19.8 Å². The topological polar surface area (TPSA) is 55.2 Å². The smallest absolute Gasteiger partial charge is 0.267 e. The van der Waals surface area contributed by atoms with Gasteiger partial charge in [-0.2, -0.15) is 0 Å². The maximum Gasteiger partial charge on any atom is 0.267 e. The van der Waals surface area contributed by atoms with Gasteiger partial charge >= 0.3 is 0 Å². The van der Waals surface area contributed by atoms with E-state index in [0.717, 1.165) is 46.3 Å². The van der Waals surface area contributed by atoms with Crippen molar-refractivity contribution >= 4 is 39.2 Å². The maximum atomic E-state index is 13.6. The number of amides is 1. The van der Waals surface area contributed by atoms with Crippen LogP contribution >= 0.6 is 23.1 Å². The van der Waals surface area contributed by atoms with Crippen LogP contribution in [0.2, 0.25) is 0 Å². The number of thiophene rings is 1. The zero-order chi connectivity index (χ0) is 20.0. The lowest BCUT2D eigenvalue weighted by molar-refractivity contribution is -0.125. The van der Waals surface area contributed by atoms with Crippen molar-refractivity contribution < 1.29 is 4.79 Å². The number of carbonyl (C=O) groups is 1. The van der Waals surface area contributed by atoms with Crippen molar-refractivity contribution in [3.05, 3.63) is 50.1 Å². The Kier molecular flexibility index (Phi) is 5.05. The van der Waals surface area contributed by atoms with Crippen LogP contribution in [0.4, 0.5) is 0 Å². The lowest BCUT2D eigenvalue weighted by Crippen LogP contribution is -2.26. The van der Waals surface area contributed by atoms with Gasteiger partial charge in [0.05, 0.1) is 16.8 Å². The summed E-state index contributed by atoms with van der Waals surface area (Å²) < 4.78 is 1.70. The Hall–Kier alpha value is -2.12. The average molecular weight is 414 g/mol. The molecule has 0 N–H and O–H groups in total. The molecule has 0 saturated heterocycles. The fourth-order valence-corrected chi connectivity index (χ4v) is 5.93. The summed E-state index contributed by atoms with van der Waals surface area (Å²) in [6, 6.07) is 6.06. The van der Waals surface area contributed by atoms with E-state index in [1.807, 2.05) is 26.0 Å². The van der Waals surface area contributed by atoms with Gasteiger partial charge in [0.15, 0.2) is 5.16 Å². The molecule has 1 aromatic carbocycles. The van der Waals surface area contributed by atoms with Crippen LogP contribution in [0.1, 0.15) is 28.0 Å². The van der Waals surface area contributed by atoms with E-state index in [1.165, 1.54) is 22.2 Å². The van der Waals surface area contributed by atoms with Gasteiger partial charge in [-0.1, -0.05) is 29.5 Å². The molecule has 0 bridgehead atoms. The first-order valence-corrected chi connectivity index (χ1v) is 11.1. The second kappa shape index (κ2) is 7.37. The highest BCUT2D eigenvalue weighted by Gasteiger charge is 2.24. The number of thioether (sulfide) groups is 1. The summed E-state index contributed by atoms with van der Waals surface area (Å²) in [6.45, 7) is 4.05. The van der Waals surface area contributed by atoms with Crippen LogP contribution in [0, 0.1) is 13.8 Å². The Bertz CT molecular complexity index is 1140. The van der Waals surface area contributed by atoms with Crippen LogP contribution in [-0.2, 0) is 17.6 Å². The molecule has 0 saturated carbocycles. The Morgan fingerprint density at radius 3 is 2.79 bits per heavy atom. The van der Waals surface area contributed by atoms with Crippen LogP contribution in [0.15, 0.2) is 28.2 Å². The first-order chi connectivity index (χ1) is 13.4. The molecule has 0 unspecified atom stereocenters. The van der Waals surface area contributed by atoms with Gasteiger partial charge < -0.3 is 4.90 Å². The van der Waals surface area contributed by atoms with Gasteiger partial charge in [-0.05, 0) is 50.3 Å². The number of nitrogens with zero attached hydrogens (tertiary/aromatic N) is 3. The van der Waals surface area contributed by atoms with Gasteiger partial charge in [0.25, 0.3) is 5.56 Å². The zero-order valence-corrected chi connectivity index (χ0v) is 18.2. The molecule has 1 aliphatic rings. The molecule has 146 valence electrons. The largest absolute Gasteiger partial charge is 0.348 e. The van der Waals surface area contributed by atoms with E-state index in [-0.39, 0.29) is 17.2 Å². The van der Waals surface area contributed by atoms with Gasteiger partial charge in [0.2, 0.25) is 5.91 Å². The normalized spacial score (nSPS) is 13.1. The lowest BCUT2D eigenvalue weighted by Gasteiger charge is -2.16. The fraction of sp³-hybridized carbons (Fsp3) is 0.381. The third kappa shape index (κ3) is 3.26. The Labute approximate surface area is 172 Å². The monoisotopic (exact) mass is 413 g/mol. The molecule has 4 rings (SSSR count). The Balaban J connectivity index is 1.93. The third-order valence-electron chi connectivity index (χ3n) is 5.12. The van der Waals surface area contributed by atoms with E-state index in [0.29, 0.717) is 5.16 Å². The van der Waals surface area contributed by atoms with E-state index in [9.17, 15) is 9.59 Å². The molecule has 1 aliphatic carbocycles. The van der Waals surface area contributed by atoms with Crippen molar-refractivity contribution in [2.45, 2.75) is 38.3 Å². The number of carbonyl (C=O) groups excluding carboxylic acids is 1. The van der Waals surface area contributed by atoms with Crippen LogP contribution in [0.5, 0.6) is 0 Å². The quantitative estimate of drug-likeness (QED) is 0.483. The first-order valence-electron chi connectivity index (χ1n) is 9.34. The highest BCUT2D eigenvalue weighted by molar-refractivity contribution is 7.99. The van der Waals surface area contributed by atoms with E-state index in [4.69, 9.17) is 4.98 Å². The minimum atomic E-state index is -0.0174. The molecule has 1 amide bonds. The molecule has 0 radical (unpaired) electrons. The average Bonchev–Trinajstić information content (AvgIpc) is 3.21. The van der Waals surface area contributed by atoms with Gasteiger partial charge in [-0.25, -0.2) is 4.98 Å². The van der Waals surface area contributed by atoms with Crippen molar-refractivity contribution in [3.63, 3.8) is 0 Å². The fourth-order valence-electron chi connectivity index (χ4n) is 3.65. The summed E-state index contributed by atoms with van der Waals surface area (Å²) >= 11 is 2.96. The number of aryl methyl sites for hydroxylation is 4. The molecule has 0 atom stereocenters. The minimum Gasteiger partial charge on any atom is -0.348 e. The van der Waals surface area contributed by atoms with Gasteiger partial charge in [0.1, 0.15) is 4.83 Å². The minimum absolute atomic E-state index is 0.000183. The van der Waals surface area contributed by atoms with E-state index in [2.05, 4.69) is 6.07 Å². The predicted molar refractivity (Wildman–Crippen MR) is 116 cm³/mol. The summed E-state index contributed by atoms with van der Waals surface area (Å²) in [4.78, 5) is 34.2. The summed E-state index contributed by atoms with van der Waals surface area (Å²) in [5.41, 5.74) is 4.17. The Morgan fingerprint density at radius 1 is 1.29 bits per heavy atom. The predicted octanol–water partition coefficient (Wildman–Crippen LogP) is 3.73. The molecular weight excluding hydrogens is 390 g/mol. The van der Waals surface area contributed by atoms with E-state index < -0.39 is 0 Å². The second-order valence-corrected chi connectivity index (χ2v) is 9.47. The molecule has 0 spiro atoms. The summed E-state index contributed by atoms with van der Waals surface area (Å²) in [7, 11) is 3.47. The summed E-state index contributed by atoms with van der Waals surface area (Å²) in [5.74, 6) is 0.251. The highest BCUT2D eigenvalue weighted by Crippen LogP contribution is 2.36. The van der Waals surface area contributed by atoms with Gasteiger partial charge in [0, 0.05) is 19.0 Å². The first kappa shape index (κ1) is 19.2. The van der Waals surface area contributed by atoms with Crippen LogP contribution in [0.3, 0.4) is 0 Å². The number of hydrogen-bond acceptors (Lipinski definition) is 5. The molecule has 5 nitrogen and oxygen atoms in total. The van der Waals surface area contributed by atoms with Crippen LogP contribution in [0.25, 0.3) is 15.9 Å². The highest BCUT2D eigenvalue weighted by atomic mass is 32.2. The van der Waals surface area contributed by atoms with Crippen LogP contribution < -0.4 is 5.56 Å². The molecule has 7 heteroatoms. The summed E-state index contributed by atoms with van der Waals surface area (Å²) in [5, 5.41) is 1.35. The number of rotatable bonds is 4.